The molecule has 0 aliphatic carbocycles. The molecule has 0 spiro atoms. The molecule has 0 aromatic rings. The number of carboxylic acid groups (broad SMARTS) is 1. The monoisotopic (exact) mass is 230 g/mol. The number of carbonyl (C=O) groups excluding carboxylic acids is 2. The van der Waals surface area contributed by atoms with Gasteiger partial charge in [0, 0.05) is 19.1 Å². The number of nitrogens with one attached hydrogen (secondary N) is 1. The summed E-state index contributed by atoms with van der Waals surface area (Å²) in [5.41, 5.74) is 0. The quantitative estimate of drug-likeness (QED) is 0.449. The van der Waals surface area contributed by atoms with Gasteiger partial charge in [-0.3, -0.25) is 14.5 Å². The van der Waals surface area contributed by atoms with E-state index >= 15 is 0 Å². The molecule has 0 aromatic carbocycles. The second-order valence-corrected chi connectivity index (χ2v) is 3.58. The van der Waals surface area contributed by atoms with Crippen LogP contribution in [0.5, 0.6) is 0 Å². The van der Waals surface area contributed by atoms with Crippen molar-refractivity contribution in [3.05, 3.63) is 0 Å². The van der Waals surface area contributed by atoms with Crippen molar-refractivity contribution in [3.8, 4) is 0 Å². The predicted octanol–water partition coefficient (Wildman–Crippen LogP) is -1.57. The first-order chi connectivity index (χ1) is 7.52. The first-order valence-electron chi connectivity index (χ1n) is 4.86. The molecule has 0 unspecified atom stereocenters. The minimum atomic E-state index is -0.934. The summed E-state index contributed by atoms with van der Waals surface area (Å²) in [5.74, 6) is -2.62. The molecule has 2 N–H and O–H groups in total. The third-order valence-corrected chi connectivity index (χ3v) is 2.34. The van der Waals surface area contributed by atoms with Crippen LogP contribution in [0.3, 0.4) is 0 Å². The Morgan fingerprint density at radius 2 is 2.19 bits per heavy atom. The van der Waals surface area contributed by atoms with Gasteiger partial charge in [-0.2, -0.15) is 0 Å². The van der Waals surface area contributed by atoms with E-state index in [0.717, 1.165) is 7.11 Å². The summed E-state index contributed by atoms with van der Waals surface area (Å²) in [5, 5.41) is 11.0. The molecule has 1 fully saturated rings. The normalized spacial score (nSPS) is 20.4. The Bertz CT molecular complexity index is 304. The van der Waals surface area contributed by atoms with Crippen LogP contribution in [0.25, 0.3) is 0 Å². The van der Waals surface area contributed by atoms with E-state index in [4.69, 9.17) is 5.11 Å². The van der Waals surface area contributed by atoms with Crippen molar-refractivity contribution < 1.29 is 24.2 Å². The Morgan fingerprint density at radius 1 is 1.50 bits per heavy atom. The molecule has 1 atom stereocenters. The van der Waals surface area contributed by atoms with E-state index in [2.05, 4.69) is 10.1 Å². The van der Waals surface area contributed by atoms with Gasteiger partial charge in [0.15, 0.2) is 0 Å². The van der Waals surface area contributed by atoms with Crippen LogP contribution in [0, 0.1) is 0 Å². The maximum atomic E-state index is 11.1. The highest BCUT2D eigenvalue weighted by atomic mass is 16.5. The van der Waals surface area contributed by atoms with E-state index < -0.39 is 17.8 Å². The molecule has 1 aliphatic rings. The fourth-order valence-electron chi connectivity index (χ4n) is 1.62. The third-order valence-electron chi connectivity index (χ3n) is 2.34. The van der Waals surface area contributed by atoms with Crippen LogP contribution < -0.4 is 5.32 Å². The van der Waals surface area contributed by atoms with E-state index in [1.165, 1.54) is 0 Å². The number of carbonyl (C=O) groups is 3. The first kappa shape index (κ1) is 12.4. The molecule has 1 saturated heterocycles. The van der Waals surface area contributed by atoms with Crippen molar-refractivity contribution in [2.75, 3.05) is 26.7 Å². The number of nitrogens with zero attached hydrogens (tertiary/aromatic N) is 1. The summed E-state index contributed by atoms with van der Waals surface area (Å²) in [6.07, 6.45) is 0.635. The van der Waals surface area contributed by atoms with Crippen molar-refractivity contribution in [2.45, 2.75) is 12.5 Å². The van der Waals surface area contributed by atoms with E-state index in [9.17, 15) is 14.4 Å². The van der Waals surface area contributed by atoms with Gasteiger partial charge >= 0.3 is 17.8 Å². The lowest BCUT2D eigenvalue weighted by Crippen LogP contribution is -2.41. The van der Waals surface area contributed by atoms with Gasteiger partial charge < -0.3 is 15.2 Å². The maximum Gasteiger partial charge on any atom is 0.396 e. The van der Waals surface area contributed by atoms with Crippen molar-refractivity contribution in [1.82, 2.24) is 10.2 Å². The molecule has 1 amide bonds. The van der Waals surface area contributed by atoms with Crippen LogP contribution >= 0.6 is 0 Å². The van der Waals surface area contributed by atoms with Gasteiger partial charge in [0.05, 0.1) is 13.7 Å². The number of carboxylic acids is 1. The SMILES string of the molecule is COC(=O)C(=O)N[C@H]1CCN(CC(=O)O)C1. The highest BCUT2D eigenvalue weighted by Gasteiger charge is 2.27. The number of ether oxygens (including phenoxy) is 1. The highest BCUT2D eigenvalue weighted by molar-refractivity contribution is 6.32. The van der Waals surface area contributed by atoms with Crippen molar-refractivity contribution in [2.24, 2.45) is 0 Å². The van der Waals surface area contributed by atoms with Gasteiger partial charge in [-0.15, -0.1) is 0 Å². The van der Waals surface area contributed by atoms with Crippen molar-refractivity contribution in [3.63, 3.8) is 0 Å². The number of amides is 1. The van der Waals surface area contributed by atoms with Crippen LogP contribution in [0.2, 0.25) is 0 Å². The third kappa shape index (κ3) is 3.50. The molecule has 1 rings (SSSR count). The standard InChI is InChI=1S/C9H14N2O5/c1-16-9(15)8(14)10-6-2-3-11(4-6)5-7(12)13/h6H,2-5H2,1H3,(H,10,14)(H,12,13)/t6-/m0/s1. The molecule has 0 aromatic heterocycles. The lowest BCUT2D eigenvalue weighted by atomic mass is 10.2. The van der Waals surface area contributed by atoms with Gasteiger partial charge in [0.25, 0.3) is 0 Å². The largest absolute Gasteiger partial charge is 0.480 e. The van der Waals surface area contributed by atoms with Gasteiger partial charge in [-0.25, -0.2) is 4.79 Å². The Kier molecular flexibility index (Phi) is 4.24. The van der Waals surface area contributed by atoms with E-state index in [0.29, 0.717) is 19.5 Å². The molecule has 0 bridgehead atoms. The van der Waals surface area contributed by atoms with Crippen LogP contribution in [0.1, 0.15) is 6.42 Å². The minimum absolute atomic E-state index is 0.0510. The van der Waals surface area contributed by atoms with Gasteiger partial charge in [-0.1, -0.05) is 0 Å². The molecule has 1 aliphatic heterocycles. The number of hydrogen-bond acceptors (Lipinski definition) is 5. The maximum absolute atomic E-state index is 11.1. The van der Waals surface area contributed by atoms with Gasteiger partial charge in [0.2, 0.25) is 0 Å². The predicted molar refractivity (Wildman–Crippen MR) is 52.6 cm³/mol. The van der Waals surface area contributed by atoms with E-state index in [1.54, 1.807) is 4.90 Å². The molecule has 7 heteroatoms. The minimum Gasteiger partial charge on any atom is -0.480 e. The average Bonchev–Trinajstić information content (AvgIpc) is 2.63. The smallest absolute Gasteiger partial charge is 0.396 e. The summed E-state index contributed by atoms with van der Waals surface area (Å²) < 4.78 is 4.25. The molecule has 0 saturated carbocycles. The van der Waals surface area contributed by atoms with Crippen molar-refractivity contribution in [1.29, 1.82) is 0 Å². The lowest BCUT2D eigenvalue weighted by molar-refractivity contribution is -0.153. The summed E-state index contributed by atoms with van der Waals surface area (Å²) in [6.45, 7) is 0.984. The Balaban J connectivity index is 2.34. The molecular formula is C9H14N2O5. The molecule has 0 radical (unpaired) electrons. The zero-order valence-electron chi connectivity index (χ0n) is 8.93. The summed E-state index contributed by atoms with van der Waals surface area (Å²) in [7, 11) is 1.13. The first-order valence-corrected chi connectivity index (χ1v) is 4.86. The summed E-state index contributed by atoms with van der Waals surface area (Å²) >= 11 is 0. The second-order valence-electron chi connectivity index (χ2n) is 3.58. The number of esters is 1. The Morgan fingerprint density at radius 3 is 2.75 bits per heavy atom. The van der Waals surface area contributed by atoms with E-state index in [-0.39, 0.29) is 12.6 Å². The number of methoxy groups -OCH3 is 1. The average molecular weight is 230 g/mol. The van der Waals surface area contributed by atoms with Crippen LogP contribution in [-0.2, 0) is 19.1 Å². The second kappa shape index (κ2) is 5.45. The molecule has 90 valence electrons. The fourth-order valence-corrected chi connectivity index (χ4v) is 1.62. The number of rotatable bonds is 3. The highest BCUT2D eigenvalue weighted by Crippen LogP contribution is 2.08. The summed E-state index contributed by atoms with van der Waals surface area (Å²) in [6, 6.07) is -0.189. The number of hydrogen-bond donors (Lipinski definition) is 2. The topological polar surface area (TPSA) is 95.9 Å². The summed E-state index contributed by atoms with van der Waals surface area (Å²) in [4.78, 5) is 34.1. The lowest BCUT2D eigenvalue weighted by Gasteiger charge is -2.13. The van der Waals surface area contributed by atoms with Crippen molar-refractivity contribution >= 4 is 17.8 Å². The Hall–Kier alpha value is -1.63. The molecule has 1 heterocycles. The number of aliphatic carboxylic acids is 1. The zero-order chi connectivity index (χ0) is 12.1. The van der Waals surface area contributed by atoms with Gasteiger partial charge in [-0.05, 0) is 6.42 Å². The van der Waals surface area contributed by atoms with E-state index in [1.807, 2.05) is 0 Å². The molecular weight excluding hydrogens is 216 g/mol. The fraction of sp³-hybridized carbons (Fsp3) is 0.667. The Labute approximate surface area is 92.4 Å². The van der Waals surface area contributed by atoms with Crippen LogP contribution in [0.4, 0.5) is 0 Å². The molecule has 16 heavy (non-hydrogen) atoms. The van der Waals surface area contributed by atoms with Crippen LogP contribution in [-0.4, -0.2) is 60.6 Å². The van der Waals surface area contributed by atoms with Crippen LogP contribution in [0.15, 0.2) is 0 Å². The molecule has 7 nitrogen and oxygen atoms in total. The number of likely N-dealkylation sites (tertiary alicyclic amines) is 1. The zero-order valence-corrected chi connectivity index (χ0v) is 8.93. The van der Waals surface area contributed by atoms with Gasteiger partial charge in [0.1, 0.15) is 0 Å².